The quantitative estimate of drug-likeness (QED) is 0.187. The van der Waals surface area contributed by atoms with Crippen molar-refractivity contribution < 1.29 is 29.0 Å². The molecule has 2 aliphatic carbocycles. The lowest BCUT2D eigenvalue weighted by Crippen LogP contribution is -2.60. The number of carbonyl (C=O) groups is 4. The largest absolute Gasteiger partial charge is 0.504 e. The standard InChI is InChI=1S/C30H26BrCl3N2O6/c1-3-42-21-6-4-5-18(24(21)37)23-16-9-10-17-22(26(39)36(25(17)38)15-8-7-14(2)20(32)11-15)19(16)12-29(33)27(40)35(13-31)28(41)30(23,29)34/h4-9,11,17,19,22-23,37H,3,10,12-13H2,1-2H3. The van der Waals surface area contributed by atoms with Crippen molar-refractivity contribution in [3.8, 4) is 11.5 Å². The molecule has 42 heavy (non-hydrogen) atoms. The van der Waals surface area contributed by atoms with E-state index in [1.54, 1.807) is 43.3 Å². The summed E-state index contributed by atoms with van der Waals surface area (Å²) in [6, 6.07) is 9.84. The highest BCUT2D eigenvalue weighted by Gasteiger charge is 2.76. The number of anilines is 1. The smallest absolute Gasteiger partial charge is 0.254 e. The number of ether oxygens (including phenoxy) is 1. The lowest BCUT2D eigenvalue weighted by Gasteiger charge is -2.50. The number of amides is 4. The van der Waals surface area contributed by atoms with Crippen molar-refractivity contribution in [2.24, 2.45) is 17.8 Å². The molecule has 8 nitrogen and oxygen atoms in total. The molecule has 2 aromatic rings. The van der Waals surface area contributed by atoms with E-state index in [0.29, 0.717) is 16.3 Å². The molecule has 1 saturated carbocycles. The van der Waals surface area contributed by atoms with Crippen LogP contribution in [0.3, 0.4) is 0 Å². The van der Waals surface area contributed by atoms with Gasteiger partial charge in [-0.05, 0) is 56.4 Å². The number of fused-ring (bicyclic) bond motifs is 4. The fourth-order valence-electron chi connectivity index (χ4n) is 7.12. The van der Waals surface area contributed by atoms with Crippen LogP contribution in [0.1, 0.15) is 36.8 Å². The van der Waals surface area contributed by atoms with Crippen LogP contribution in [0.25, 0.3) is 0 Å². The summed E-state index contributed by atoms with van der Waals surface area (Å²) in [6.45, 7) is 3.86. The molecule has 220 valence electrons. The summed E-state index contributed by atoms with van der Waals surface area (Å²) in [5.74, 6) is -5.68. The minimum atomic E-state index is -2.02. The number of nitrogens with zero attached hydrogens (tertiary/aromatic N) is 2. The van der Waals surface area contributed by atoms with Gasteiger partial charge in [-0.1, -0.05) is 57.4 Å². The van der Waals surface area contributed by atoms with Gasteiger partial charge in [0.15, 0.2) is 21.2 Å². The van der Waals surface area contributed by atoms with E-state index in [4.69, 9.17) is 39.5 Å². The highest BCUT2D eigenvalue weighted by Crippen LogP contribution is 2.66. The van der Waals surface area contributed by atoms with Gasteiger partial charge >= 0.3 is 0 Å². The third kappa shape index (κ3) is 3.79. The average molecular weight is 697 g/mol. The molecule has 0 bridgehead atoms. The predicted octanol–water partition coefficient (Wildman–Crippen LogP) is 5.67. The molecular formula is C30H26BrCl3N2O6. The number of rotatable bonds is 5. The molecule has 4 amide bonds. The van der Waals surface area contributed by atoms with E-state index in [9.17, 15) is 24.3 Å². The second kappa shape index (κ2) is 10.3. The van der Waals surface area contributed by atoms with Crippen molar-refractivity contribution in [2.45, 2.75) is 42.4 Å². The first-order valence-electron chi connectivity index (χ1n) is 13.5. The monoisotopic (exact) mass is 694 g/mol. The average Bonchev–Trinajstić information content (AvgIpc) is 3.29. The first kappa shape index (κ1) is 29.5. The Balaban J connectivity index is 1.53. The fraction of sp³-hybridized carbons (Fsp3) is 0.400. The number of hydrogen-bond acceptors (Lipinski definition) is 6. The summed E-state index contributed by atoms with van der Waals surface area (Å²) in [5, 5.41) is 11.8. The van der Waals surface area contributed by atoms with Gasteiger partial charge in [-0.15, -0.1) is 23.2 Å². The zero-order valence-electron chi connectivity index (χ0n) is 22.6. The molecule has 0 radical (unpaired) electrons. The number of benzene rings is 2. The minimum absolute atomic E-state index is 0.138. The van der Waals surface area contributed by atoms with E-state index < -0.39 is 51.1 Å². The fourth-order valence-corrected chi connectivity index (χ4v) is 8.71. The van der Waals surface area contributed by atoms with Crippen molar-refractivity contribution >= 4 is 80.0 Å². The Morgan fingerprint density at radius 3 is 2.48 bits per heavy atom. The van der Waals surface area contributed by atoms with Gasteiger partial charge in [0.2, 0.25) is 11.8 Å². The molecule has 2 heterocycles. The maximum Gasteiger partial charge on any atom is 0.254 e. The Bertz CT molecular complexity index is 1600. The Labute approximate surface area is 265 Å². The molecule has 1 N–H and O–H groups in total. The van der Waals surface area contributed by atoms with Crippen molar-refractivity contribution in [3.05, 3.63) is 64.2 Å². The van der Waals surface area contributed by atoms with E-state index >= 15 is 0 Å². The molecule has 2 aliphatic heterocycles. The van der Waals surface area contributed by atoms with Crippen LogP contribution in [0, 0.1) is 24.7 Å². The van der Waals surface area contributed by atoms with Crippen molar-refractivity contribution in [1.29, 1.82) is 0 Å². The predicted molar refractivity (Wildman–Crippen MR) is 161 cm³/mol. The summed E-state index contributed by atoms with van der Waals surface area (Å²) in [6.07, 6.45) is 1.87. The van der Waals surface area contributed by atoms with E-state index in [1.807, 2.05) is 13.0 Å². The molecule has 4 aliphatic rings. The number of likely N-dealkylation sites (tertiary alicyclic amines) is 1. The number of carbonyl (C=O) groups excluding carboxylic acids is 4. The minimum Gasteiger partial charge on any atom is -0.504 e. The van der Waals surface area contributed by atoms with Crippen LogP contribution in [-0.2, 0) is 19.2 Å². The van der Waals surface area contributed by atoms with Gasteiger partial charge in [0.1, 0.15) is 0 Å². The number of aromatic hydroxyl groups is 1. The van der Waals surface area contributed by atoms with Crippen molar-refractivity contribution in [1.82, 2.24) is 4.90 Å². The lowest BCUT2D eigenvalue weighted by molar-refractivity contribution is -0.138. The first-order valence-corrected chi connectivity index (χ1v) is 15.8. The lowest BCUT2D eigenvalue weighted by atomic mass is 9.56. The van der Waals surface area contributed by atoms with Crippen molar-refractivity contribution in [3.63, 3.8) is 0 Å². The third-order valence-electron chi connectivity index (χ3n) is 9.07. The maximum atomic E-state index is 14.1. The highest BCUT2D eigenvalue weighted by molar-refractivity contribution is 9.09. The SMILES string of the molecule is CCOc1cccc(C2C3=CCC4C(=O)N(c5ccc(C)c(Cl)c5)C(=O)C4C3CC3(Cl)C(=O)N(CBr)C(=O)C23Cl)c1O. The van der Waals surface area contributed by atoms with Crippen LogP contribution in [-0.4, -0.2) is 55.4 Å². The zero-order chi connectivity index (χ0) is 30.3. The number of alkyl halides is 3. The van der Waals surface area contributed by atoms with Gasteiger partial charge in [-0.3, -0.25) is 24.1 Å². The number of aryl methyl sites for hydroxylation is 1. The number of phenols is 1. The summed E-state index contributed by atoms with van der Waals surface area (Å²) in [7, 11) is 0. The van der Waals surface area contributed by atoms with Gasteiger partial charge in [0.05, 0.1) is 29.6 Å². The van der Waals surface area contributed by atoms with E-state index in [0.717, 1.165) is 15.4 Å². The van der Waals surface area contributed by atoms with E-state index in [2.05, 4.69) is 15.9 Å². The second-order valence-corrected chi connectivity index (χ2v) is 13.2. The Morgan fingerprint density at radius 2 is 1.81 bits per heavy atom. The molecule has 6 atom stereocenters. The van der Waals surface area contributed by atoms with Gasteiger partial charge in [0, 0.05) is 16.5 Å². The van der Waals surface area contributed by atoms with Gasteiger partial charge in [0.25, 0.3) is 11.8 Å². The Morgan fingerprint density at radius 1 is 1.07 bits per heavy atom. The van der Waals surface area contributed by atoms with E-state index in [-0.39, 0.29) is 47.9 Å². The van der Waals surface area contributed by atoms with Crippen LogP contribution in [0.4, 0.5) is 5.69 Å². The molecule has 3 fully saturated rings. The maximum absolute atomic E-state index is 14.1. The molecule has 2 aromatic carbocycles. The summed E-state index contributed by atoms with van der Waals surface area (Å²) in [5.41, 5.74) is 1.84. The first-order chi connectivity index (χ1) is 19.9. The van der Waals surface area contributed by atoms with Crippen LogP contribution in [0.15, 0.2) is 48.0 Å². The zero-order valence-corrected chi connectivity index (χ0v) is 26.4. The van der Waals surface area contributed by atoms with E-state index in [1.165, 1.54) is 0 Å². The number of phenolic OH excluding ortho intramolecular Hbond substituents is 1. The van der Waals surface area contributed by atoms with Crippen molar-refractivity contribution in [2.75, 3.05) is 17.0 Å². The highest BCUT2D eigenvalue weighted by atomic mass is 79.9. The molecule has 2 saturated heterocycles. The van der Waals surface area contributed by atoms with Gasteiger partial charge < -0.3 is 9.84 Å². The number of para-hydroxylation sites is 1. The molecule has 6 rings (SSSR count). The number of hydrogen-bond donors (Lipinski definition) is 1. The molecular weight excluding hydrogens is 671 g/mol. The Hall–Kier alpha value is -2.59. The molecule has 12 heteroatoms. The van der Waals surface area contributed by atoms with Crippen LogP contribution >= 0.6 is 50.7 Å². The summed E-state index contributed by atoms with van der Waals surface area (Å²) in [4.78, 5) is 53.6. The summed E-state index contributed by atoms with van der Waals surface area (Å²) >= 11 is 24.0. The number of halogens is 4. The van der Waals surface area contributed by atoms with Crippen LogP contribution in [0.2, 0.25) is 5.02 Å². The summed E-state index contributed by atoms with van der Waals surface area (Å²) < 4.78 is 5.61. The third-order valence-corrected chi connectivity index (χ3v) is 11.4. The molecule has 6 unspecified atom stereocenters. The topological polar surface area (TPSA) is 104 Å². The second-order valence-electron chi connectivity index (χ2n) is 11.1. The molecule has 0 aromatic heterocycles. The van der Waals surface area contributed by atoms with Gasteiger partial charge in [-0.2, -0.15) is 0 Å². The Kier molecular flexibility index (Phi) is 7.20. The van der Waals surface area contributed by atoms with Gasteiger partial charge in [-0.25, -0.2) is 4.90 Å². The number of imide groups is 2. The molecule has 0 spiro atoms. The van der Waals surface area contributed by atoms with Crippen LogP contribution in [0.5, 0.6) is 11.5 Å². The normalized spacial score (nSPS) is 32.1. The number of allylic oxidation sites excluding steroid dienone is 2. The van der Waals surface area contributed by atoms with Crippen LogP contribution < -0.4 is 9.64 Å².